The average Bonchev–Trinajstić information content (AvgIpc) is 2.78. The van der Waals surface area contributed by atoms with E-state index in [4.69, 9.17) is 0 Å². The van der Waals surface area contributed by atoms with E-state index < -0.39 is 0 Å². The first-order chi connectivity index (χ1) is 8.69. The summed E-state index contributed by atoms with van der Waals surface area (Å²) in [6.07, 6.45) is 1.39. The lowest BCUT2D eigenvalue weighted by molar-refractivity contribution is -0.116. The third-order valence-electron chi connectivity index (χ3n) is 2.57. The van der Waals surface area contributed by atoms with Crippen LogP contribution in [-0.2, 0) is 4.79 Å². The molecule has 0 atom stereocenters. The Morgan fingerprint density at radius 3 is 2.72 bits per heavy atom. The number of amides is 1. The van der Waals surface area contributed by atoms with E-state index in [9.17, 15) is 4.79 Å². The number of aryl methyl sites for hydroxylation is 1. The molecule has 0 aliphatic carbocycles. The first-order valence-corrected chi connectivity index (χ1v) is 6.89. The van der Waals surface area contributed by atoms with Crippen molar-refractivity contribution in [1.29, 1.82) is 0 Å². The second-order valence-electron chi connectivity index (χ2n) is 4.20. The summed E-state index contributed by atoms with van der Waals surface area (Å²) in [5.74, 6) is 0.0299. The normalized spacial score (nSPS) is 10.3. The van der Waals surface area contributed by atoms with Gasteiger partial charge in [-0.1, -0.05) is 36.8 Å². The number of benzene rings is 1. The maximum Gasteiger partial charge on any atom is 0.226 e. The Hall–Kier alpha value is -1.68. The molecule has 1 aromatic heterocycles. The monoisotopic (exact) mass is 260 g/mol. The van der Waals surface area contributed by atoms with Crippen LogP contribution in [0.15, 0.2) is 29.6 Å². The van der Waals surface area contributed by atoms with Crippen molar-refractivity contribution in [1.82, 2.24) is 4.98 Å². The molecule has 18 heavy (non-hydrogen) atoms. The van der Waals surface area contributed by atoms with Crippen molar-refractivity contribution in [3.63, 3.8) is 0 Å². The molecule has 1 amide bonds. The Labute approximate surface area is 111 Å². The molecule has 1 N–H and O–H groups in total. The van der Waals surface area contributed by atoms with Gasteiger partial charge in [-0.25, -0.2) is 4.98 Å². The van der Waals surface area contributed by atoms with Gasteiger partial charge in [-0.3, -0.25) is 4.79 Å². The van der Waals surface area contributed by atoms with Crippen molar-refractivity contribution < 1.29 is 4.79 Å². The van der Waals surface area contributed by atoms with Crippen molar-refractivity contribution in [3.8, 4) is 11.3 Å². The molecular weight excluding hydrogens is 244 g/mol. The zero-order valence-corrected chi connectivity index (χ0v) is 11.4. The van der Waals surface area contributed by atoms with E-state index in [1.807, 2.05) is 24.4 Å². The number of aromatic nitrogens is 1. The molecule has 0 saturated carbocycles. The quantitative estimate of drug-likeness (QED) is 0.907. The molecule has 3 nitrogen and oxygen atoms in total. The van der Waals surface area contributed by atoms with Gasteiger partial charge in [0.1, 0.15) is 0 Å². The van der Waals surface area contributed by atoms with Crippen LogP contribution >= 0.6 is 11.3 Å². The minimum Gasteiger partial charge on any atom is -0.302 e. The van der Waals surface area contributed by atoms with Crippen LogP contribution in [0.3, 0.4) is 0 Å². The Kier molecular flexibility index (Phi) is 4.10. The summed E-state index contributed by atoms with van der Waals surface area (Å²) in [5, 5.41) is 5.45. The van der Waals surface area contributed by atoms with Crippen LogP contribution in [0.4, 0.5) is 5.13 Å². The highest BCUT2D eigenvalue weighted by atomic mass is 32.1. The van der Waals surface area contributed by atoms with Crippen LogP contribution in [0, 0.1) is 6.92 Å². The van der Waals surface area contributed by atoms with Crippen molar-refractivity contribution >= 4 is 22.4 Å². The maximum absolute atomic E-state index is 11.5. The summed E-state index contributed by atoms with van der Waals surface area (Å²) in [6, 6.07) is 8.21. The third kappa shape index (κ3) is 3.17. The molecule has 0 spiro atoms. The number of rotatable bonds is 4. The van der Waals surface area contributed by atoms with Crippen molar-refractivity contribution in [2.75, 3.05) is 5.32 Å². The minimum absolute atomic E-state index is 0.0299. The van der Waals surface area contributed by atoms with E-state index in [2.05, 4.69) is 29.4 Å². The van der Waals surface area contributed by atoms with Gasteiger partial charge in [0.05, 0.1) is 5.69 Å². The topological polar surface area (TPSA) is 42.0 Å². The van der Waals surface area contributed by atoms with Crippen LogP contribution in [0.25, 0.3) is 11.3 Å². The predicted molar refractivity (Wildman–Crippen MR) is 75.8 cm³/mol. The summed E-state index contributed by atoms with van der Waals surface area (Å²) in [5.41, 5.74) is 3.21. The average molecular weight is 260 g/mol. The largest absolute Gasteiger partial charge is 0.302 e. The molecule has 4 heteroatoms. The standard InChI is InChI=1S/C14H16N2OS/c1-3-4-13(17)16-14-15-12(9-18-14)11-7-5-10(2)6-8-11/h5-9H,3-4H2,1-2H3,(H,15,16,17). The lowest BCUT2D eigenvalue weighted by Crippen LogP contribution is -2.10. The summed E-state index contributed by atoms with van der Waals surface area (Å²) in [7, 11) is 0. The summed E-state index contributed by atoms with van der Waals surface area (Å²) < 4.78 is 0. The Balaban J connectivity index is 2.10. The van der Waals surface area contributed by atoms with Crippen molar-refractivity contribution in [2.24, 2.45) is 0 Å². The number of carbonyl (C=O) groups excluding carboxylic acids is 1. The fourth-order valence-corrected chi connectivity index (χ4v) is 2.33. The van der Waals surface area contributed by atoms with Gasteiger partial charge in [-0.15, -0.1) is 11.3 Å². The first kappa shape index (κ1) is 12.8. The minimum atomic E-state index is 0.0299. The van der Waals surface area contributed by atoms with Crippen molar-refractivity contribution in [2.45, 2.75) is 26.7 Å². The number of hydrogen-bond donors (Lipinski definition) is 1. The number of hydrogen-bond acceptors (Lipinski definition) is 3. The Morgan fingerprint density at radius 1 is 1.33 bits per heavy atom. The van der Waals surface area contributed by atoms with Gasteiger partial charge in [-0.2, -0.15) is 0 Å². The Morgan fingerprint density at radius 2 is 2.06 bits per heavy atom. The van der Waals surface area contributed by atoms with Gasteiger partial charge >= 0.3 is 0 Å². The van der Waals surface area contributed by atoms with Gasteiger partial charge in [0.15, 0.2) is 5.13 Å². The second-order valence-corrected chi connectivity index (χ2v) is 5.06. The zero-order chi connectivity index (χ0) is 13.0. The second kappa shape index (κ2) is 5.78. The maximum atomic E-state index is 11.5. The number of anilines is 1. The van der Waals surface area contributed by atoms with E-state index in [1.165, 1.54) is 16.9 Å². The molecule has 1 heterocycles. The molecule has 0 unspecified atom stereocenters. The van der Waals surface area contributed by atoms with Crippen LogP contribution in [0.1, 0.15) is 25.3 Å². The van der Waals surface area contributed by atoms with Crippen LogP contribution < -0.4 is 5.32 Å². The van der Waals surface area contributed by atoms with E-state index in [-0.39, 0.29) is 5.91 Å². The highest BCUT2D eigenvalue weighted by molar-refractivity contribution is 7.14. The molecular formula is C14H16N2OS. The fourth-order valence-electron chi connectivity index (χ4n) is 1.60. The van der Waals surface area contributed by atoms with Crippen LogP contribution in [-0.4, -0.2) is 10.9 Å². The molecule has 0 radical (unpaired) electrons. The SMILES string of the molecule is CCCC(=O)Nc1nc(-c2ccc(C)cc2)cs1. The predicted octanol–water partition coefficient (Wildman–Crippen LogP) is 3.86. The van der Waals surface area contributed by atoms with Gasteiger partial charge < -0.3 is 5.32 Å². The van der Waals surface area contributed by atoms with Gasteiger partial charge in [-0.05, 0) is 13.3 Å². The molecule has 0 saturated heterocycles. The van der Waals surface area contributed by atoms with E-state index in [1.54, 1.807) is 0 Å². The molecule has 0 aliphatic rings. The summed E-state index contributed by atoms with van der Waals surface area (Å²) in [4.78, 5) is 15.9. The molecule has 1 aromatic carbocycles. The van der Waals surface area contributed by atoms with E-state index in [0.29, 0.717) is 11.6 Å². The Bertz CT molecular complexity index is 531. The van der Waals surface area contributed by atoms with Crippen LogP contribution in [0.2, 0.25) is 0 Å². The molecule has 94 valence electrons. The lowest BCUT2D eigenvalue weighted by Gasteiger charge is -1.99. The first-order valence-electron chi connectivity index (χ1n) is 6.01. The zero-order valence-electron chi connectivity index (χ0n) is 10.6. The molecule has 0 bridgehead atoms. The molecule has 0 fully saturated rings. The van der Waals surface area contributed by atoms with E-state index in [0.717, 1.165) is 17.7 Å². The van der Waals surface area contributed by atoms with Gasteiger partial charge in [0.2, 0.25) is 5.91 Å². The van der Waals surface area contributed by atoms with Gasteiger partial charge in [0, 0.05) is 17.4 Å². The summed E-state index contributed by atoms with van der Waals surface area (Å²) >= 11 is 1.46. The lowest BCUT2D eigenvalue weighted by atomic mass is 10.1. The fraction of sp³-hybridized carbons (Fsp3) is 0.286. The number of nitrogens with zero attached hydrogens (tertiary/aromatic N) is 1. The highest BCUT2D eigenvalue weighted by Crippen LogP contribution is 2.25. The third-order valence-corrected chi connectivity index (χ3v) is 3.33. The smallest absolute Gasteiger partial charge is 0.226 e. The van der Waals surface area contributed by atoms with Gasteiger partial charge in [0.25, 0.3) is 0 Å². The number of nitrogens with one attached hydrogen (secondary N) is 1. The van der Waals surface area contributed by atoms with E-state index >= 15 is 0 Å². The molecule has 2 aromatic rings. The number of carbonyl (C=O) groups is 1. The molecule has 2 rings (SSSR count). The van der Waals surface area contributed by atoms with Crippen molar-refractivity contribution in [3.05, 3.63) is 35.2 Å². The summed E-state index contributed by atoms with van der Waals surface area (Å²) in [6.45, 7) is 4.04. The highest BCUT2D eigenvalue weighted by Gasteiger charge is 2.07. The molecule has 0 aliphatic heterocycles. The number of thiazole rings is 1. The van der Waals surface area contributed by atoms with Crippen LogP contribution in [0.5, 0.6) is 0 Å².